The smallest absolute Gasteiger partial charge is 0.267 e. The number of aryl methyl sites for hydroxylation is 1. The van der Waals surface area contributed by atoms with Gasteiger partial charge in [-0.2, -0.15) is 0 Å². The van der Waals surface area contributed by atoms with Crippen LogP contribution in [0.25, 0.3) is 10.9 Å². The highest BCUT2D eigenvalue weighted by Crippen LogP contribution is 2.19. The number of aromatic amines is 1. The monoisotopic (exact) mass is 371 g/mol. The zero-order valence-electron chi connectivity index (χ0n) is 14.9. The van der Waals surface area contributed by atoms with Crippen molar-refractivity contribution in [3.05, 3.63) is 65.4 Å². The Morgan fingerprint density at radius 3 is 2.58 bits per heavy atom. The molecule has 1 aromatic heterocycles. The van der Waals surface area contributed by atoms with Gasteiger partial charge in [-0.15, -0.1) is 0 Å². The molecule has 0 saturated carbocycles. The third kappa shape index (κ3) is 3.49. The molecular formula is C19H21N3O3S. The molecule has 0 fully saturated rings. The minimum Gasteiger partial charge on any atom is -0.351 e. The van der Waals surface area contributed by atoms with E-state index >= 15 is 0 Å². The average molecular weight is 371 g/mol. The van der Waals surface area contributed by atoms with E-state index in [0.29, 0.717) is 11.3 Å². The number of H-pyrrole nitrogens is 1. The van der Waals surface area contributed by atoms with Gasteiger partial charge in [-0.1, -0.05) is 30.3 Å². The maximum atomic E-state index is 12.5. The van der Waals surface area contributed by atoms with Crippen LogP contribution in [0.4, 0.5) is 0 Å². The van der Waals surface area contributed by atoms with E-state index in [9.17, 15) is 13.2 Å². The summed E-state index contributed by atoms with van der Waals surface area (Å²) in [6.45, 7) is 2.11. The largest absolute Gasteiger partial charge is 0.351 e. The van der Waals surface area contributed by atoms with E-state index in [1.165, 1.54) is 14.1 Å². The number of nitrogens with one attached hydrogen (secondary N) is 2. The van der Waals surface area contributed by atoms with Crippen LogP contribution in [0.3, 0.4) is 0 Å². The third-order valence-corrected chi connectivity index (χ3v) is 6.11. The molecule has 136 valence electrons. The lowest BCUT2D eigenvalue weighted by atomic mass is 10.2. The minimum atomic E-state index is -3.57. The van der Waals surface area contributed by atoms with Crippen LogP contribution in [0.15, 0.2) is 53.4 Å². The standard InChI is InChI=1S/C19H21N3O3S/c1-13-8-9-14-11-17(21-16(14)10-13)19(23)20-12-15-6-4-5-7-18(15)26(24,25)22(2)3/h4-11,21H,12H2,1-3H3,(H,20,23). The zero-order chi connectivity index (χ0) is 18.9. The molecule has 3 aromatic rings. The van der Waals surface area contributed by atoms with Gasteiger partial charge in [0.25, 0.3) is 5.91 Å². The predicted octanol–water partition coefficient (Wildman–Crippen LogP) is 2.66. The Labute approximate surface area is 152 Å². The molecule has 0 radical (unpaired) electrons. The van der Waals surface area contributed by atoms with Crippen molar-refractivity contribution < 1.29 is 13.2 Å². The maximum Gasteiger partial charge on any atom is 0.267 e. The van der Waals surface area contributed by atoms with E-state index in [0.717, 1.165) is 20.8 Å². The molecule has 1 heterocycles. The molecule has 2 aromatic carbocycles. The molecule has 0 spiro atoms. The number of benzene rings is 2. The molecule has 2 N–H and O–H groups in total. The van der Waals surface area contributed by atoms with Crippen molar-refractivity contribution in [2.75, 3.05) is 14.1 Å². The average Bonchev–Trinajstić information content (AvgIpc) is 3.03. The van der Waals surface area contributed by atoms with E-state index < -0.39 is 10.0 Å². The van der Waals surface area contributed by atoms with Crippen LogP contribution in [-0.2, 0) is 16.6 Å². The van der Waals surface area contributed by atoms with Crippen molar-refractivity contribution in [3.8, 4) is 0 Å². The van der Waals surface area contributed by atoms with Crippen molar-refractivity contribution >= 4 is 26.8 Å². The third-order valence-electron chi connectivity index (χ3n) is 4.19. The Morgan fingerprint density at radius 1 is 1.12 bits per heavy atom. The van der Waals surface area contributed by atoms with Crippen LogP contribution in [0, 0.1) is 6.92 Å². The molecule has 1 amide bonds. The molecule has 26 heavy (non-hydrogen) atoms. The van der Waals surface area contributed by atoms with Crippen LogP contribution in [0.1, 0.15) is 21.6 Å². The summed E-state index contributed by atoms with van der Waals surface area (Å²) in [5.41, 5.74) is 2.99. The number of nitrogens with zero attached hydrogens (tertiary/aromatic N) is 1. The van der Waals surface area contributed by atoms with Gasteiger partial charge in [0.15, 0.2) is 0 Å². The Kier molecular flexibility index (Phi) is 4.84. The zero-order valence-corrected chi connectivity index (χ0v) is 15.7. The molecule has 0 aliphatic carbocycles. The lowest BCUT2D eigenvalue weighted by Crippen LogP contribution is -2.27. The quantitative estimate of drug-likeness (QED) is 0.723. The first-order valence-corrected chi connectivity index (χ1v) is 9.61. The fraction of sp³-hybridized carbons (Fsp3) is 0.211. The molecule has 0 unspecified atom stereocenters. The summed E-state index contributed by atoms with van der Waals surface area (Å²) in [4.78, 5) is 15.8. The number of carbonyl (C=O) groups is 1. The molecular weight excluding hydrogens is 350 g/mol. The van der Waals surface area contributed by atoms with Crippen molar-refractivity contribution in [3.63, 3.8) is 0 Å². The summed E-state index contributed by atoms with van der Waals surface area (Å²) in [7, 11) is -0.605. The topological polar surface area (TPSA) is 82.3 Å². The van der Waals surface area contributed by atoms with E-state index in [2.05, 4.69) is 10.3 Å². The SMILES string of the molecule is Cc1ccc2cc(C(=O)NCc3ccccc3S(=O)(=O)N(C)C)[nH]c2c1. The van der Waals surface area contributed by atoms with E-state index in [-0.39, 0.29) is 17.3 Å². The summed E-state index contributed by atoms with van der Waals surface area (Å²) in [6.07, 6.45) is 0. The summed E-state index contributed by atoms with van der Waals surface area (Å²) in [5, 5.41) is 3.74. The first-order chi connectivity index (χ1) is 12.3. The molecule has 0 aliphatic heterocycles. The second-order valence-electron chi connectivity index (χ2n) is 6.35. The fourth-order valence-electron chi connectivity index (χ4n) is 2.73. The van der Waals surface area contributed by atoms with Crippen LogP contribution < -0.4 is 5.32 Å². The van der Waals surface area contributed by atoms with Gasteiger partial charge < -0.3 is 10.3 Å². The molecule has 0 saturated heterocycles. The Balaban J connectivity index is 1.81. The van der Waals surface area contributed by atoms with E-state index in [1.807, 2.05) is 25.1 Å². The summed E-state index contributed by atoms with van der Waals surface area (Å²) in [5.74, 6) is -0.282. The van der Waals surface area contributed by atoms with Gasteiger partial charge >= 0.3 is 0 Å². The number of carbonyl (C=O) groups excluding carboxylic acids is 1. The highest BCUT2D eigenvalue weighted by molar-refractivity contribution is 7.89. The molecule has 0 atom stereocenters. The summed E-state index contributed by atoms with van der Waals surface area (Å²) >= 11 is 0. The van der Waals surface area contributed by atoms with Crippen LogP contribution in [0.5, 0.6) is 0 Å². The highest BCUT2D eigenvalue weighted by Gasteiger charge is 2.21. The second-order valence-corrected chi connectivity index (χ2v) is 8.47. The van der Waals surface area contributed by atoms with Crippen molar-refractivity contribution in [2.45, 2.75) is 18.4 Å². The van der Waals surface area contributed by atoms with Gasteiger partial charge in [-0.3, -0.25) is 4.79 Å². The molecule has 3 rings (SSSR count). The van der Waals surface area contributed by atoms with Gasteiger partial charge in [0.1, 0.15) is 5.69 Å². The molecule has 7 heteroatoms. The van der Waals surface area contributed by atoms with Crippen molar-refractivity contribution in [1.82, 2.24) is 14.6 Å². The van der Waals surface area contributed by atoms with Crippen LogP contribution in [0.2, 0.25) is 0 Å². The van der Waals surface area contributed by atoms with E-state index in [1.54, 1.807) is 30.3 Å². The van der Waals surface area contributed by atoms with Crippen LogP contribution >= 0.6 is 0 Å². The molecule has 0 aliphatic rings. The Hall–Kier alpha value is -2.64. The number of amides is 1. The predicted molar refractivity (Wildman–Crippen MR) is 102 cm³/mol. The lowest BCUT2D eigenvalue weighted by molar-refractivity contribution is 0.0946. The van der Waals surface area contributed by atoms with Gasteiger partial charge in [0, 0.05) is 31.5 Å². The van der Waals surface area contributed by atoms with Gasteiger partial charge in [0.05, 0.1) is 4.90 Å². The lowest BCUT2D eigenvalue weighted by Gasteiger charge is -2.15. The van der Waals surface area contributed by atoms with Crippen LogP contribution in [-0.4, -0.2) is 37.7 Å². The number of hydrogen-bond donors (Lipinski definition) is 2. The second kappa shape index (κ2) is 6.93. The Morgan fingerprint density at radius 2 is 1.85 bits per heavy atom. The van der Waals surface area contributed by atoms with Crippen molar-refractivity contribution in [2.24, 2.45) is 0 Å². The van der Waals surface area contributed by atoms with Gasteiger partial charge in [0.2, 0.25) is 10.0 Å². The van der Waals surface area contributed by atoms with Gasteiger partial charge in [-0.05, 0) is 36.2 Å². The number of fused-ring (bicyclic) bond motifs is 1. The van der Waals surface area contributed by atoms with E-state index in [4.69, 9.17) is 0 Å². The number of aromatic nitrogens is 1. The van der Waals surface area contributed by atoms with Gasteiger partial charge in [-0.25, -0.2) is 12.7 Å². The number of hydrogen-bond acceptors (Lipinski definition) is 3. The summed E-state index contributed by atoms with van der Waals surface area (Å²) in [6, 6.07) is 14.4. The Bertz CT molecular complexity index is 1070. The first kappa shape index (κ1) is 18.2. The maximum absolute atomic E-state index is 12.5. The fourth-order valence-corrected chi connectivity index (χ4v) is 3.85. The van der Waals surface area contributed by atoms with Crippen molar-refractivity contribution in [1.29, 1.82) is 0 Å². The first-order valence-electron chi connectivity index (χ1n) is 8.17. The molecule has 0 bridgehead atoms. The summed E-state index contributed by atoms with van der Waals surface area (Å²) < 4.78 is 26.0. The minimum absolute atomic E-state index is 0.121. The number of rotatable bonds is 5. The highest BCUT2D eigenvalue weighted by atomic mass is 32.2. The number of sulfonamides is 1. The molecule has 6 nitrogen and oxygen atoms in total. The normalized spacial score (nSPS) is 11.8.